The normalized spacial score (nSPS) is 21.8. The first-order valence-corrected chi connectivity index (χ1v) is 14.0. The number of rotatable bonds is 14. The molecule has 10 heteroatoms. The van der Waals surface area contributed by atoms with Crippen LogP contribution in [0.1, 0.15) is 23.6 Å². The van der Waals surface area contributed by atoms with Gasteiger partial charge in [-0.3, -0.25) is 4.79 Å². The van der Waals surface area contributed by atoms with Gasteiger partial charge < -0.3 is 39.4 Å². The van der Waals surface area contributed by atoms with Crippen molar-refractivity contribution in [2.75, 3.05) is 19.8 Å². The number of benzene rings is 3. The van der Waals surface area contributed by atoms with Crippen LogP contribution in [0.5, 0.6) is 0 Å². The average Bonchev–Trinajstić information content (AvgIpc) is 3.03. The number of aliphatic hydroxyl groups is 1. The third-order valence-electron chi connectivity index (χ3n) is 6.64. The van der Waals surface area contributed by atoms with Gasteiger partial charge in [0.2, 0.25) is 0 Å². The molecule has 4 rings (SSSR count). The van der Waals surface area contributed by atoms with Crippen LogP contribution in [0.25, 0.3) is 0 Å². The number of ether oxygens (including phenoxy) is 5. The van der Waals surface area contributed by atoms with Crippen LogP contribution < -0.4 is 10.6 Å². The lowest BCUT2D eigenvalue weighted by atomic mass is 9.97. The molecule has 1 saturated heterocycles. The summed E-state index contributed by atoms with van der Waals surface area (Å²) in [7, 11) is 0. The van der Waals surface area contributed by atoms with Gasteiger partial charge in [0.1, 0.15) is 31.0 Å². The summed E-state index contributed by atoms with van der Waals surface area (Å²) in [5.74, 6) is -0.569. The Morgan fingerprint density at radius 3 is 1.69 bits per heavy atom. The van der Waals surface area contributed by atoms with E-state index in [1.54, 1.807) is 6.92 Å². The molecule has 3 N–H and O–H groups in total. The fourth-order valence-electron chi connectivity index (χ4n) is 4.60. The van der Waals surface area contributed by atoms with Gasteiger partial charge in [-0.15, -0.1) is 0 Å². The Morgan fingerprint density at radius 1 is 0.738 bits per heavy atom. The Labute approximate surface area is 245 Å². The van der Waals surface area contributed by atoms with Crippen molar-refractivity contribution in [2.24, 2.45) is 0 Å². The molecule has 0 aromatic heterocycles. The van der Waals surface area contributed by atoms with Gasteiger partial charge in [0.25, 0.3) is 0 Å². The van der Waals surface area contributed by atoms with Crippen LogP contribution in [0, 0.1) is 0 Å². The zero-order valence-electron chi connectivity index (χ0n) is 23.6. The zero-order chi connectivity index (χ0) is 29.6. The molecule has 10 nitrogen and oxygen atoms in total. The smallest absolute Gasteiger partial charge is 0.325 e. The molecular weight excluding hydrogens is 540 g/mol. The molecular formula is C32H38N2O8. The van der Waals surface area contributed by atoms with E-state index < -0.39 is 49.3 Å². The van der Waals surface area contributed by atoms with Crippen LogP contribution in [0.2, 0.25) is 0 Å². The lowest BCUT2D eigenvalue weighted by molar-refractivity contribution is -0.273. The number of carbonyl (C=O) groups is 2. The summed E-state index contributed by atoms with van der Waals surface area (Å²) in [5.41, 5.74) is 2.79. The van der Waals surface area contributed by atoms with E-state index in [1.165, 1.54) is 0 Å². The maximum absolute atomic E-state index is 12.8. The second-order valence-electron chi connectivity index (χ2n) is 9.69. The van der Waals surface area contributed by atoms with Crippen molar-refractivity contribution in [3.63, 3.8) is 0 Å². The van der Waals surface area contributed by atoms with Gasteiger partial charge in [-0.05, 0) is 23.6 Å². The van der Waals surface area contributed by atoms with E-state index in [-0.39, 0.29) is 33.0 Å². The number of nitrogens with one attached hydrogen (secondary N) is 2. The molecule has 1 aliphatic heterocycles. The largest absolute Gasteiger partial charge is 0.465 e. The highest BCUT2D eigenvalue weighted by Crippen LogP contribution is 2.29. The van der Waals surface area contributed by atoms with E-state index in [1.807, 2.05) is 91.0 Å². The van der Waals surface area contributed by atoms with E-state index in [9.17, 15) is 14.7 Å². The summed E-state index contributed by atoms with van der Waals surface area (Å²) in [6, 6.07) is 28.2. The van der Waals surface area contributed by atoms with Crippen LogP contribution in [-0.4, -0.2) is 67.5 Å². The molecule has 1 aliphatic rings. The van der Waals surface area contributed by atoms with Crippen LogP contribution in [-0.2, 0) is 48.3 Å². The number of carbonyl (C=O) groups excluding carboxylic acids is 2. The Bertz CT molecular complexity index is 1210. The maximum Gasteiger partial charge on any atom is 0.325 e. The molecule has 0 radical (unpaired) electrons. The topological polar surface area (TPSA) is 125 Å². The van der Waals surface area contributed by atoms with Crippen molar-refractivity contribution in [3.05, 3.63) is 108 Å². The highest BCUT2D eigenvalue weighted by atomic mass is 16.6. The zero-order valence-corrected chi connectivity index (χ0v) is 23.6. The standard InChI is InChI=1S/C32H38N2O8/c1-2-38-27(36)18-33-32(37)34-31-30(41-22-25-16-10-5-11-17-25)29(40-21-24-14-8-4-9-15-24)28(26(19-35)42-31)39-20-23-12-6-3-7-13-23/h3-17,26,28-31,35H,2,18-22H2,1H3,(H2,33,34,37)/t26-,28-,29+,30-,31-/m1/s1. The minimum atomic E-state index is -1.04. The molecule has 224 valence electrons. The molecule has 0 saturated carbocycles. The first-order chi connectivity index (χ1) is 20.6. The monoisotopic (exact) mass is 578 g/mol. The number of hydrogen-bond acceptors (Lipinski definition) is 8. The number of urea groups is 1. The average molecular weight is 579 g/mol. The van der Waals surface area contributed by atoms with Crippen LogP contribution in [0.4, 0.5) is 4.79 Å². The first kappa shape index (κ1) is 31.1. The Balaban J connectivity index is 1.58. The molecule has 2 amide bonds. The third kappa shape index (κ3) is 9.37. The summed E-state index contributed by atoms with van der Waals surface area (Å²) < 4.78 is 30.2. The molecule has 0 unspecified atom stereocenters. The summed E-state index contributed by atoms with van der Waals surface area (Å²) in [6.07, 6.45) is -4.21. The Kier molecular flexibility index (Phi) is 12.3. The van der Waals surface area contributed by atoms with Crippen molar-refractivity contribution in [2.45, 2.75) is 57.4 Å². The third-order valence-corrected chi connectivity index (χ3v) is 6.64. The molecule has 0 bridgehead atoms. The van der Waals surface area contributed by atoms with E-state index in [2.05, 4.69) is 10.6 Å². The van der Waals surface area contributed by atoms with Crippen molar-refractivity contribution >= 4 is 12.0 Å². The lowest BCUT2D eigenvalue weighted by Gasteiger charge is -2.45. The second kappa shape index (κ2) is 16.6. The molecule has 1 heterocycles. The van der Waals surface area contributed by atoms with Crippen molar-refractivity contribution < 1.29 is 38.4 Å². The fourth-order valence-corrected chi connectivity index (χ4v) is 4.60. The molecule has 0 aliphatic carbocycles. The van der Waals surface area contributed by atoms with E-state index in [4.69, 9.17) is 23.7 Å². The van der Waals surface area contributed by atoms with Crippen molar-refractivity contribution in [1.29, 1.82) is 0 Å². The Morgan fingerprint density at radius 2 is 1.21 bits per heavy atom. The molecule has 0 spiro atoms. The molecule has 42 heavy (non-hydrogen) atoms. The molecule has 1 fully saturated rings. The van der Waals surface area contributed by atoms with Crippen molar-refractivity contribution in [1.82, 2.24) is 10.6 Å². The fraction of sp³-hybridized carbons (Fsp3) is 0.375. The summed E-state index contributed by atoms with van der Waals surface area (Å²) in [4.78, 5) is 24.6. The lowest BCUT2D eigenvalue weighted by Crippen LogP contribution is -2.66. The first-order valence-electron chi connectivity index (χ1n) is 14.0. The number of aliphatic hydroxyl groups excluding tert-OH is 1. The van der Waals surface area contributed by atoms with Gasteiger partial charge in [0, 0.05) is 0 Å². The van der Waals surface area contributed by atoms with Gasteiger partial charge in [-0.25, -0.2) is 4.79 Å². The highest BCUT2D eigenvalue weighted by Gasteiger charge is 2.48. The molecule has 3 aromatic rings. The molecule has 5 atom stereocenters. The van der Waals surface area contributed by atoms with Crippen LogP contribution >= 0.6 is 0 Å². The van der Waals surface area contributed by atoms with E-state index in [0.29, 0.717) is 0 Å². The van der Waals surface area contributed by atoms with Gasteiger partial charge in [-0.1, -0.05) is 91.0 Å². The van der Waals surface area contributed by atoms with Gasteiger partial charge >= 0.3 is 12.0 Å². The number of esters is 1. The summed E-state index contributed by atoms with van der Waals surface area (Å²) in [6.45, 7) is 1.87. The maximum atomic E-state index is 12.8. The summed E-state index contributed by atoms with van der Waals surface area (Å²) >= 11 is 0. The number of amides is 2. The quantitative estimate of drug-likeness (QED) is 0.249. The minimum absolute atomic E-state index is 0.201. The van der Waals surface area contributed by atoms with Crippen LogP contribution in [0.3, 0.4) is 0 Å². The molecule has 3 aromatic carbocycles. The predicted molar refractivity (Wildman–Crippen MR) is 154 cm³/mol. The Hall–Kier alpha value is -3.80. The SMILES string of the molecule is CCOC(=O)CNC(=O)N[C@@H]1O[C@H](CO)[C@@H](OCc2ccccc2)[C@H](OCc2ccccc2)[C@H]1OCc1ccccc1. The van der Waals surface area contributed by atoms with E-state index in [0.717, 1.165) is 16.7 Å². The van der Waals surface area contributed by atoms with Gasteiger partial charge in [0.05, 0.1) is 33.0 Å². The second-order valence-corrected chi connectivity index (χ2v) is 9.69. The van der Waals surface area contributed by atoms with Crippen molar-refractivity contribution in [3.8, 4) is 0 Å². The van der Waals surface area contributed by atoms with E-state index >= 15 is 0 Å². The van der Waals surface area contributed by atoms with Gasteiger partial charge in [-0.2, -0.15) is 0 Å². The summed E-state index contributed by atoms with van der Waals surface area (Å²) in [5, 5.41) is 15.6. The van der Waals surface area contributed by atoms with Crippen LogP contribution in [0.15, 0.2) is 91.0 Å². The number of hydrogen-bond donors (Lipinski definition) is 3. The predicted octanol–water partition coefficient (Wildman–Crippen LogP) is 3.32. The highest BCUT2D eigenvalue weighted by molar-refractivity contribution is 5.80. The minimum Gasteiger partial charge on any atom is -0.465 e. The van der Waals surface area contributed by atoms with Gasteiger partial charge in [0.15, 0.2) is 6.23 Å².